The van der Waals surface area contributed by atoms with Crippen LogP contribution in [-0.2, 0) is 34.4 Å². The third-order valence-corrected chi connectivity index (χ3v) is 13.4. The minimum Gasteiger partial charge on any atom is -0.371 e. The number of benzene rings is 3. The normalized spacial score (nSPS) is 19.7. The third kappa shape index (κ3) is 7.11. The number of nitrogens with zero attached hydrogens (tertiary/aromatic N) is 7. The number of rotatable bonds is 10. The highest BCUT2D eigenvalue weighted by Gasteiger charge is 2.52. The van der Waals surface area contributed by atoms with Crippen LogP contribution in [0.25, 0.3) is 11.0 Å². The van der Waals surface area contributed by atoms with E-state index in [1.807, 2.05) is 30.1 Å². The second-order valence-electron chi connectivity index (χ2n) is 17.5. The average molecular weight is 836 g/mol. The first-order valence-corrected chi connectivity index (χ1v) is 21.5. The van der Waals surface area contributed by atoms with E-state index < -0.39 is 35.2 Å². The van der Waals surface area contributed by atoms with Crippen LogP contribution in [0, 0.1) is 19.8 Å². The summed E-state index contributed by atoms with van der Waals surface area (Å²) in [7, 11) is 1.87. The number of aromatic nitrogens is 4. The minimum absolute atomic E-state index is 0.0819. The Bertz CT molecular complexity index is 2680. The number of imide groups is 2. The zero-order valence-corrected chi connectivity index (χ0v) is 35.1. The van der Waals surface area contributed by atoms with E-state index in [4.69, 9.17) is 10.1 Å². The molecule has 5 aliphatic rings. The number of para-hydroxylation sites is 1. The monoisotopic (exact) mass is 835 g/mol. The van der Waals surface area contributed by atoms with Gasteiger partial charge in [-0.1, -0.05) is 24.3 Å². The van der Waals surface area contributed by atoms with Gasteiger partial charge in [-0.3, -0.25) is 34.2 Å². The van der Waals surface area contributed by atoms with Crippen molar-refractivity contribution in [2.45, 2.75) is 76.9 Å². The van der Waals surface area contributed by atoms with Crippen molar-refractivity contribution in [1.29, 1.82) is 0 Å². The first-order chi connectivity index (χ1) is 29.9. The molecule has 5 aromatic rings. The van der Waals surface area contributed by atoms with Crippen LogP contribution < -0.4 is 26.2 Å². The summed E-state index contributed by atoms with van der Waals surface area (Å²) in [6.45, 7) is 7.66. The van der Waals surface area contributed by atoms with Gasteiger partial charge in [0, 0.05) is 62.9 Å². The van der Waals surface area contributed by atoms with E-state index in [1.165, 1.54) is 5.56 Å². The van der Waals surface area contributed by atoms with Crippen LogP contribution in [0.3, 0.4) is 0 Å². The summed E-state index contributed by atoms with van der Waals surface area (Å²) < 4.78 is 1.76. The zero-order chi connectivity index (χ0) is 42.9. The fourth-order valence-corrected chi connectivity index (χ4v) is 9.54. The van der Waals surface area contributed by atoms with Crippen LogP contribution >= 0.6 is 0 Å². The molecule has 5 amide bonds. The predicted octanol–water partition coefficient (Wildman–Crippen LogP) is 4.79. The fourth-order valence-electron chi connectivity index (χ4n) is 9.54. The molecule has 4 aliphatic heterocycles. The molecule has 3 aromatic carbocycles. The van der Waals surface area contributed by atoms with Crippen molar-refractivity contribution >= 4 is 69.4 Å². The summed E-state index contributed by atoms with van der Waals surface area (Å²) in [4.78, 5) is 79.5. The molecule has 2 saturated heterocycles. The molecule has 10 rings (SSSR count). The second-order valence-corrected chi connectivity index (χ2v) is 17.5. The van der Waals surface area contributed by atoms with Gasteiger partial charge in [0.15, 0.2) is 11.5 Å². The van der Waals surface area contributed by atoms with Crippen molar-refractivity contribution in [3.63, 3.8) is 0 Å². The van der Waals surface area contributed by atoms with E-state index in [1.54, 1.807) is 23.0 Å². The van der Waals surface area contributed by atoms with Gasteiger partial charge in [0.1, 0.15) is 6.04 Å². The lowest BCUT2D eigenvalue weighted by Gasteiger charge is -2.36. The highest BCUT2D eigenvalue weighted by Crippen LogP contribution is 2.40. The number of carbonyl (C=O) groups excluding carboxylic acids is 5. The second kappa shape index (κ2) is 15.3. The lowest BCUT2D eigenvalue weighted by atomic mass is 9.95. The van der Waals surface area contributed by atoms with Crippen molar-refractivity contribution in [2.75, 3.05) is 41.7 Å². The molecule has 3 fully saturated rings. The molecule has 1 atom stereocenters. The quantitative estimate of drug-likeness (QED) is 0.141. The number of aryl methyl sites for hydroxylation is 3. The Morgan fingerprint density at radius 2 is 1.65 bits per heavy atom. The van der Waals surface area contributed by atoms with E-state index in [9.17, 15) is 24.0 Å². The van der Waals surface area contributed by atoms with Crippen LogP contribution in [-0.4, -0.2) is 96.8 Å². The van der Waals surface area contributed by atoms with Crippen LogP contribution in [0.2, 0.25) is 0 Å². The standard InChI is InChI=1S/C46H49N11O5/c1-26-5-4-6-27(2)38(26)51-39-35-24-47-45(52-40(35)54(3)53-39)49-31-8-7-29-15-20-56(25-30(29)21-31)44(62)46(16-17-46)48-23-28-13-18-55(19-14-28)32-9-10-33-34(22-32)43(61)57(42(33)60)36-11-12-37(58)50-41(36)59/h4-10,21-22,24,28,36,48H,11-20,23,25H2,1-3H3,(H,51,53)(H,47,49,52)(H,50,58,59). The number of amides is 5. The number of piperidine rings is 2. The van der Waals surface area contributed by atoms with Gasteiger partial charge in [0.2, 0.25) is 23.7 Å². The van der Waals surface area contributed by atoms with E-state index in [0.29, 0.717) is 36.4 Å². The van der Waals surface area contributed by atoms with Gasteiger partial charge in [-0.15, -0.1) is 0 Å². The summed E-state index contributed by atoms with van der Waals surface area (Å²) in [5.41, 5.74) is 8.10. The molecule has 16 nitrogen and oxygen atoms in total. The van der Waals surface area contributed by atoms with Gasteiger partial charge in [-0.25, -0.2) is 9.67 Å². The zero-order valence-electron chi connectivity index (χ0n) is 35.1. The Hall–Kier alpha value is -6.68. The molecule has 62 heavy (non-hydrogen) atoms. The molecular formula is C46H49N11O5. The van der Waals surface area contributed by atoms with Crippen LogP contribution in [0.15, 0.2) is 60.8 Å². The Kier molecular flexibility index (Phi) is 9.77. The molecule has 1 saturated carbocycles. The maximum atomic E-state index is 14.1. The van der Waals surface area contributed by atoms with Crippen LogP contribution in [0.1, 0.15) is 81.5 Å². The molecule has 1 unspecified atom stereocenters. The number of carbonyl (C=O) groups is 5. The molecule has 0 radical (unpaired) electrons. The molecule has 0 bridgehead atoms. The fraction of sp³-hybridized carbons (Fsp3) is 0.391. The van der Waals surface area contributed by atoms with Gasteiger partial charge < -0.3 is 25.8 Å². The third-order valence-electron chi connectivity index (χ3n) is 13.4. The molecular weight excluding hydrogens is 787 g/mol. The van der Waals surface area contributed by atoms with Crippen molar-refractivity contribution in [2.24, 2.45) is 13.0 Å². The minimum atomic E-state index is -0.988. The predicted molar refractivity (Wildman–Crippen MR) is 232 cm³/mol. The van der Waals surface area contributed by atoms with Crippen LogP contribution in [0.5, 0.6) is 0 Å². The summed E-state index contributed by atoms with van der Waals surface area (Å²) in [6, 6.07) is 16.7. The number of nitrogens with one attached hydrogen (secondary N) is 4. The van der Waals surface area contributed by atoms with Gasteiger partial charge >= 0.3 is 0 Å². The molecule has 2 aromatic heterocycles. The highest BCUT2D eigenvalue weighted by molar-refractivity contribution is 6.23. The van der Waals surface area contributed by atoms with E-state index >= 15 is 0 Å². The van der Waals surface area contributed by atoms with Crippen molar-refractivity contribution in [3.8, 4) is 0 Å². The Labute approximate surface area is 358 Å². The van der Waals surface area contributed by atoms with Gasteiger partial charge in [-0.05, 0) is 117 Å². The number of hydrogen-bond acceptors (Lipinski definition) is 12. The van der Waals surface area contributed by atoms with Gasteiger partial charge in [0.05, 0.1) is 22.1 Å². The van der Waals surface area contributed by atoms with E-state index in [-0.39, 0.29) is 29.9 Å². The lowest BCUT2D eigenvalue weighted by Crippen LogP contribution is -2.54. The smallest absolute Gasteiger partial charge is 0.262 e. The molecule has 16 heteroatoms. The first kappa shape index (κ1) is 39.5. The average Bonchev–Trinajstić information content (AvgIpc) is 3.95. The SMILES string of the molecule is Cc1cccc(C)c1Nc1nn(C)c2nc(Nc3ccc4c(c3)CN(C(=O)C3(NCC5CCN(c6ccc7c(c6)C(=O)N(C6CCC(=O)NC6=O)C7=O)CC5)CC3)CC4)ncc12. The highest BCUT2D eigenvalue weighted by atomic mass is 16.2. The maximum Gasteiger partial charge on any atom is 0.262 e. The summed E-state index contributed by atoms with van der Waals surface area (Å²) in [5.74, 6) is -0.298. The molecule has 6 heterocycles. The molecule has 4 N–H and O–H groups in total. The summed E-state index contributed by atoms with van der Waals surface area (Å²) in [5, 5.41) is 18.3. The lowest BCUT2D eigenvalue weighted by molar-refractivity contribution is -0.137. The Morgan fingerprint density at radius 3 is 2.40 bits per heavy atom. The first-order valence-electron chi connectivity index (χ1n) is 21.5. The molecule has 318 valence electrons. The Balaban J connectivity index is 0.736. The van der Waals surface area contributed by atoms with Crippen LogP contribution in [0.4, 0.5) is 28.8 Å². The number of hydrogen-bond donors (Lipinski definition) is 4. The topological polar surface area (TPSA) is 187 Å². The van der Waals surface area contributed by atoms with Crippen molar-refractivity contribution < 1.29 is 24.0 Å². The van der Waals surface area contributed by atoms with E-state index in [2.05, 4.69) is 69.3 Å². The number of anilines is 5. The molecule has 0 spiro atoms. The van der Waals surface area contributed by atoms with E-state index in [0.717, 1.165) is 95.8 Å². The molecule has 1 aliphatic carbocycles. The summed E-state index contributed by atoms with van der Waals surface area (Å²) >= 11 is 0. The maximum absolute atomic E-state index is 14.1. The Morgan fingerprint density at radius 1 is 0.871 bits per heavy atom. The number of fused-ring (bicyclic) bond motifs is 3. The van der Waals surface area contributed by atoms with Gasteiger partial charge in [0.25, 0.3) is 11.8 Å². The van der Waals surface area contributed by atoms with Crippen molar-refractivity contribution in [1.82, 2.24) is 40.2 Å². The van der Waals surface area contributed by atoms with Crippen molar-refractivity contribution in [3.05, 3.63) is 94.2 Å². The largest absolute Gasteiger partial charge is 0.371 e. The summed E-state index contributed by atoms with van der Waals surface area (Å²) in [6.07, 6.45) is 6.27. The van der Waals surface area contributed by atoms with Gasteiger partial charge in [-0.2, -0.15) is 10.1 Å².